The molecule has 0 radical (unpaired) electrons. The highest BCUT2D eigenvalue weighted by Gasteiger charge is 2.41. The van der Waals surface area contributed by atoms with Crippen LogP contribution in [0.2, 0.25) is 0 Å². The molecule has 1 rings (SSSR count). The van der Waals surface area contributed by atoms with Crippen LogP contribution in [0.5, 0.6) is 0 Å². The van der Waals surface area contributed by atoms with Crippen molar-refractivity contribution in [2.75, 3.05) is 12.3 Å². The van der Waals surface area contributed by atoms with Crippen molar-refractivity contribution in [3.8, 4) is 0 Å². The molecule has 1 aromatic carbocycles. The largest absolute Gasteiger partial charge is 0.444 e. The van der Waals surface area contributed by atoms with Crippen molar-refractivity contribution >= 4 is 36.6 Å². The van der Waals surface area contributed by atoms with E-state index in [9.17, 15) is 14.4 Å². The fourth-order valence-electron chi connectivity index (χ4n) is 3.41. The summed E-state index contributed by atoms with van der Waals surface area (Å²) in [5.74, 6) is -0.664. The van der Waals surface area contributed by atoms with Gasteiger partial charge < -0.3 is 20.3 Å². The number of benzene rings is 1. The van der Waals surface area contributed by atoms with Crippen LogP contribution in [-0.2, 0) is 14.3 Å². The van der Waals surface area contributed by atoms with Gasteiger partial charge in [0.25, 0.3) is 0 Å². The smallest absolute Gasteiger partial charge is 0.408 e. The normalized spacial score (nSPS) is 13.4. The van der Waals surface area contributed by atoms with Gasteiger partial charge in [0.15, 0.2) is 0 Å². The summed E-state index contributed by atoms with van der Waals surface area (Å²) in [4.78, 5) is 41.2. The summed E-state index contributed by atoms with van der Waals surface area (Å²) in [7, 11) is 0. The lowest BCUT2D eigenvalue weighted by molar-refractivity contribution is -0.148. The molecular weight excluding hydrogens is 450 g/mol. The minimum absolute atomic E-state index is 0.0432. The molecule has 2 unspecified atom stereocenters. The van der Waals surface area contributed by atoms with E-state index in [2.05, 4.69) is 29.8 Å². The molecule has 0 heterocycles. The predicted molar refractivity (Wildman–Crippen MR) is 141 cm³/mol. The SMILES string of the molecule is C=Cc1cccc(C(C(=O)NCCCC)N(C(=O)C(CS)NC(=O)OC(C)(C)C)C(C)(C)C)c1. The summed E-state index contributed by atoms with van der Waals surface area (Å²) in [6.45, 7) is 17.2. The van der Waals surface area contributed by atoms with Crippen LogP contribution >= 0.6 is 12.6 Å². The summed E-state index contributed by atoms with van der Waals surface area (Å²) in [6.07, 6.45) is 2.74. The van der Waals surface area contributed by atoms with Gasteiger partial charge in [-0.1, -0.05) is 44.2 Å². The molecule has 0 aliphatic carbocycles. The Kier molecular flexibility index (Phi) is 11.2. The minimum Gasteiger partial charge on any atom is -0.444 e. The zero-order valence-electron chi connectivity index (χ0n) is 21.6. The maximum absolute atomic E-state index is 13.8. The third-order valence-corrected chi connectivity index (χ3v) is 5.30. The number of carbonyl (C=O) groups excluding carboxylic acids is 3. The molecule has 0 bridgehead atoms. The standard InChI is InChI=1S/C26H41N3O4S/c1-9-11-15-27-22(30)21(19-14-12-13-18(10-2)16-19)29(25(3,4)5)23(31)20(17-34)28-24(32)33-26(6,7)8/h10,12-14,16,20-21,34H,2,9,11,15,17H2,1,3-8H3,(H,27,30)(H,28,32). The molecule has 3 amide bonds. The van der Waals surface area contributed by atoms with Gasteiger partial charge in [0.05, 0.1) is 0 Å². The van der Waals surface area contributed by atoms with Crippen LogP contribution in [0.1, 0.15) is 78.5 Å². The molecule has 0 fully saturated rings. The Morgan fingerprint density at radius 3 is 2.32 bits per heavy atom. The van der Waals surface area contributed by atoms with Gasteiger partial charge in [0.1, 0.15) is 17.7 Å². The monoisotopic (exact) mass is 491 g/mol. The van der Waals surface area contributed by atoms with Crippen LogP contribution in [0, 0.1) is 0 Å². The predicted octanol–water partition coefficient (Wildman–Crippen LogP) is 4.74. The average Bonchev–Trinajstić information content (AvgIpc) is 2.73. The number of rotatable bonds is 10. The van der Waals surface area contributed by atoms with Crippen molar-refractivity contribution in [3.05, 3.63) is 42.0 Å². The van der Waals surface area contributed by atoms with Gasteiger partial charge in [-0.05, 0) is 65.2 Å². The summed E-state index contributed by atoms with van der Waals surface area (Å²) in [6, 6.07) is 5.49. The number of hydrogen-bond acceptors (Lipinski definition) is 5. The van der Waals surface area contributed by atoms with Crippen LogP contribution in [-0.4, -0.2) is 52.3 Å². The first-order chi connectivity index (χ1) is 15.7. The van der Waals surface area contributed by atoms with E-state index in [4.69, 9.17) is 4.74 Å². The Morgan fingerprint density at radius 2 is 1.82 bits per heavy atom. The summed E-state index contributed by atoms with van der Waals surface area (Å²) >= 11 is 4.31. The van der Waals surface area contributed by atoms with Crippen LogP contribution in [0.4, 0.5) is 4.79 Å². The van der Waals surface area contributed by atoms with E-state index in [-0.39, 0.29) is 11.7 Å². The van der Waals surface area contributed by atoms with E-state index in [0.29, 0.717) is 12.1 Å². The van der Waals surface area contributed by atoms with Crippen LogP contribution in [0.3, 0.4) is 0 Å². The molecule has 2 N–H and O–H groups in total. The van der Waals surface area contributed by atoms with Crippen molar-refractivity contribution in [3.63, 3.8) is 0 Å². The topological polar surface area (TPSA) is 87.7 Å². The quantitative estimate of drug-likeness (QED) is 0.326. The molecule has 0 aromatic heterocycles. The van der Waals surface area contributed by atoms with Gasteiger partial charge in [-0.2, -0.15) is 12.6 Å². The average molecular weight is 492 g/mol. The highest BCUT2D eigenvalue weighted by atomic mass is 32.1. The Hall–Kier alpha value is -2.48. The lowest BCUT2D eigenvalue weighted by Gasteiger charge is -2.43. The molecule has 0 aliphatic heterocycles. The van der Waals surface area contributed by atoms with Crippen molar-refractivity contribution in [2.45, 2.75) is 84.5 Å². The van der Waals surface area contributed by atoms with E-state index in [1.54, 1.807) is 26.8 Å². The number of ether oxygens (including phenoxy) is 1. The third-order valence-electron chi connectivity index (χ3n) is 4.93. The van der Waals surface area contributed by atoms with E-state index >= 15 is 0 Å². The second-order valence-electron chi connectivity index (χ2n) is 10.2. The van der Waals surface area contributed by atoms with Gasteiger partial charge in [-0.3, -0.25) is 9.59 Å². The Bertz CT molecular complexity index is 858. The lowest BCUT2D eigenvalue weighted by Crippen LogP contribution is -2.59. The minimum atomic E-state index is -0.981. The second-order valence-corrected chi connectivity index (χ2v) is 10.5. The number of amides is 3. The van der Waals surface area contributed by atoms with Crippen molar-refractivity contribution < 1.29 is 19.1 Å². The Labute approximate surface area is 210 Å². The molecule has 7 nitrogen and oxygen atoms in total. The number of thiol groups is 1. The Balaban J connectivity index is 3.46. The van der Waals surface area contributed by atoms with Crippen molar-refractivity contribution in [1.82, 2.24) is 15.5 Å². The van der Waals surface area contributed by atoms with Crippen molar-refractivity contribution in [1.29, 1.82) is 0 Å². The first-order valence-corrected chi connectivity index (χ1v) is 12.3. The lowest BCUT2D eigenvalue weighted by atomic mass is 9.94. The van der Waals surface area contributed by atoms with Crippen molar-refractivity contribution in [2.24, 2.45) is 0 Å². The summed E-state index contributed by atoms with van der Waals surface area (Å²) in [5, 5.41) is 5.59. The van der Waals surface area contributed by atoms with Crippen LogP contribution in [0.25, 0.3) is 6.08 Å². The molecule has 34 heavy (non-hydrogen) atoms. The third kappa shape index (κ3) is 9.05. The number of nitrogens with zero attached hydrogens (tertiary/aromatic N) is 1. The first-order valence-electron chi connectivity index (χ1n) is 11.7. The van der Waals surface area contributed by atoms with Gasteiger partial charge in [0, 0.05) is 17.8 Å². The summed E-state index contributed by atoms with van der Waals surface area (Å²) in [5.41, 5.74) is 0.0306. The van der Waals surface area contributed by atoms with Crippen LogP contribution in [0.15, 0.2) is 30.8 Å². The zero-order chi connectivity index (χ0) is 26.1. The van der Waals surface area contributed by atoms with E-state index in [0.717, 1.165) is 18.4 Å². The molecule has 190 valence electrons. The molecule has 0 saturated heterocycles. The van der Waals surface area contributed by atoms with Gasteiger partial charge in [-0.15, -0.1) is 0 Å². The van der Waals surface area contributed by atoms with Gasteiger partial charge >= 0.3 is 6.09 Å². The second kappa shape index (κ2) is 12.8. The number of nitrogens with one attached hydrogen (secondary N) is 2. The number of hydrogen-bond donors (Lipinski definition) is 3. The number of alkyl carbamates (subject to hydrolysis) is 1. The molecule has 0 saturated carbocycles. The van der Waals surface area contributed by atoms with E-state index in [1.165, 1.54) is 4.90 Å². The maximum atomic E-state index is 13.8. The van der Waals surface area contributed by atoms with Gasteiger partial charge in [0.2, 0.25) is 11.8 Å². The summed E-state index contributed by atoms with van der Waals surface area (Å²) < 4.78 is 5.33. The van der Waals surface area contributed by atoms with Crippen LogP contribution < -0.4 is 10.6 Å². The molecule has 1 aromatic rings. The molecule has 0 aliphatic rings. The first kappa shape index (κ1) is 29.6. The molecule has 2 atom stereocenters. The molecular formula is C26H41N3O4S. The highest BCUT2D eigenvalue weighted by molar-refractivity contribution is 7.80. The number of carbonyl (C=O) groups is 3. The fourth-order valence-corrected chi connectivity index (χ4v) is 3.65. The maximum Gasteiger partial charge on any atom is 0.408 e. The number of unbranched alkanes of at least 4 members (excludes halogenated alkanes) is 1. The van der Waals surface area contributed by atoms with Gasteiger partial charge in [-0.25, -0.2) is 4.79 Å². The zero-order valence-corrected chi connectivity index (χ0v) is 22.5. The Morgan fingerprint density at radius 1 is 1.18 bits per heavy atom. The van der Waals surface area contributed by atoms with E-state index in [1.807, 2.05) is 52.0 Å². The fraction of sp³-hybridized carbons (Fsp3) is 0.577. The molecule has 8 heteroatoms. The van der Waals surface area contributed by atoms with E-state index < -0.39 is 35.2 Å². The molecule has 0 spiro atoms. The highest BCUT2D eigenvalue weighted by Crippen LogP contribution is 2.31.